The molecule has 0 bridgehead atoms. The van der Waals surface area contributed by atoms with Gasteiger partial charge >= 0.3 is 0 Å². The highest BCUT2D eigenvalue weighted by atomic mass is 32.1. The number of amides is 2. The number of aromatic nitrogens is 1. The fourth-order valence-corrected chi connectivity index (χ4v) is 4.34. The monoisotopic (exact) mass is 387 g/mol. The van der Waals surface area contributed by atoms with E-state index in [0.717, 1.165) is 10.6 Å². The minimum atomic E-state index is -0.531. The molecule has 1 N–H and O–H groups in total. The Hall–Kier alpha value is -2.58. The number of para-hydroxylation sites is 1. The quantitative estimate of drug-likeness (QED) is 0.736. The number of hydrogen-bond donors (Lipinski definition) is 1. The van der Waals surface area contributed by atoms with Crippen molar-refractivity contribution in [1.29, 1.82) is 0 Å². The number of thiazole rings is 1. The number of hydrogen-bond acceptors (Lipinski definition) is 5. The Bertz CT molecular complexity index is 955. The average Bonchev–Trinajstić information content (AvgIpc) is 3.35. The molecule has 1 aromatic carbocycles. The third kappa shape index (κ3) is 3.25. The van der Waals surface area contributed by atoms with Crippen LogP contribution in [0.25, 0.3) is 10.6 Å². The lowest BCUT2D eigenvalue weighted by Crippen LogP contribution is -2.28. The molecule has 0 saturated carbocycles. The summed E-state index contributed by atoms with van der Waals surface area (Å²) in [6.45, 7) is 0.161. The first-order valence-corrected chi connectivity index (χ1v) is 9.73. The van der Waals surface area contributed by atoms with Crippen molar-refractivity contribution >= 4 is 45.3 Å². The summed E-state index contributed by atoms with van der Waals surface area (Å²) in [5, 5.41) is 7.12. The van der Waals surface area contributed by atoms with Crippen molar-refractivity contribution in [2.75, 3.05) is 16.8 Å². The number of anilines is 2. The molecule has 1 fully saturated rings. The summed E-state index contributed by atoms with van der Waals surface area (Å²) in [5.41, 5.74) is 1.03. The number of benzene rings is 1. The first kappa shape index (κ1) is 16.9. The minimum absolute atomic E-state index is 0.0589. The van der Waals surface area contributed by atoms with Gasteiger partial charge in [0.2, 0.25) is 11.8 Å². The van der Waals surface area contributed by atoms with Gasteiger partial charge in [-0.3, -0.25) is 9.59 Å². The maximum absolute atomic E-state index is 13.9. The molecule has 3 aromatic rings. The van der Waals surface area contributed by atoms with E-state index in [-0.39, 0.29) is 30.5 Å². The smallest absolute Gasteiger partial charge is 0.231 e. The molecule has 3 heterocycles. The highest BCUT2D eigenvalue weighted by Crippen LogP contribution is 2.30. The maximum atomic E-state index is 13.9. The van der Waals surface area contributed by atoms with Crippen molar-refractivity contribution in [3.63, 3.8) is 0 Å². The Morgan fingerprint density at radius 3 is 2.85 bits per heavy atom. The van der Waals surface area contributed by atoms with Crippen molar-refractivity contribution in [2.24, 2.45) is 5.92 Å². The molecular weight excluding hydrogens is 373 g/mol. The Morgan fingerprint density at radius 1 is 1.23 bits per heavy atom. The van der Waals surface area contributed by atoms with E-state index in [1.165, 1.54) is 22.3 Å². The Labute approximate surface area is 157 Å². The number of carbonyl (C=O) groups is 2. The van der Waals surface area contributed by atoms with Crippen LogP contribution in [0.5, 0.6) is 0 Å². The molecule has 0 spiro atoms. The molecule has 4 rings (SSSR count). The number of nitrogens with one attached hydrogen (secondary N) is 1. The second-order valence-electron chi connectivity index (χ2n) is 5.86. The summed E-state index contributed by atoms with van der Waals surface area (Å²) in [7, 11) is 0. The first-order chi connectivity index (χ1) is 12.6. The number of rotatable bonds is 4. The van der Waals surface area contributed by atoms with Crippen LogP contribution in [0, 0.1) is 11.7 Å². The zero-order chi connectivity index (χ0) is 18.1. The molecule has 26 heavy (non-hydrogen) atoms. The Balaban J connectivity index is 1.45. The molecule has 2 amide bonds. The molecule has 5 nitrogen and oxygen atoms in total. The standard InChI is InChI=1S/C18H14FN3O2S2/c19-12-4-1-2-5-14(12)22-9-11(8-16(22)23)17(24)21-18-20-13(10-26-18)15-6-3-7-25-15/h1-7,10-11H,8-9H2,(H,20,21,24). The highest BCUT2D eigenvalue weighted by Gasteiger charge is 2.36. The van der Waals surface area contributed by atoms with E-state index in [1.54, 1.807) is 29.5 Å². The van der Waals surface area contributed by atoms with Gasteiger partial charge in [0.1, 0.15) is 5.82 Å². The van der Waals surface area contributed by atoms with Crippen LogP contribution in [0.3, 0.4) is 0 Å². The largest absolute Gasteiger partial charge is 0.309 e. The second kappa shape index (κ2) is 6.97. The van der Waals surface area contributed by atoms with Crippen LogP contribution < -0.4 is 10.2 Å². The number of thiophene rings is 1. The zero-order valence-electron chi connectivity index (χ0n) is 13.5. The van der Waals surface area contributed by atoms with Gasteiger partial charge in [-0.25, -0.2) is 9.37 Å². The lowest BCUT2D eigenvalue weighted by atomic mass is 10.1. The molecule has 2 aromatic heterocycles. The SMILES string of the molecule is O=C(Nc1nc(-c2cccs2)cs1)C1CC(=O)N(c2ccccc2F)C1. The second-order valence-corrected chi connectivity index (χ2v) is 7.67. The Kier molecular flexibility index (Phi) is 4.52. The number of carbonyl (C=O) groups excluding carboxylic acids is 2. The molecular formula is C18H14FN3O2S2. The third-order valence-electron chi connectivity index (χ3n) is 4.15. The van der Waals surface area contributed by atoms with E-state index in [0.29, 0.717) is 5.13 Å². The predicted octanol–water partition coefficient (Wildman–Crippen LogP) is 4.00. The maximum Gasteiger partial charge on any atom is 0.231 e. The van der Waals surface area contributed by atoms with Crippen molar-refractivity contribution < 1.29 is 14.0 Å². The lowest BCUT2D eigenvalue weighted by Gasteiger charge is -2.17. The third-order valence-corrected chi connectivity index (χ3v) is 5.80. The lowest BCUT2D eigenvalue weighted by molar-refractivity contribution is -0.122. The van der Waals surface area contributed by atoms with Gasteiger partial charge in [-0.1, -0.05) is 18.2 Å². The molecule has 1 atom stereocenters. The first-order valence-electron chi connectivity index (χ1n) is 7.97. The summed E-state index contributed by atoms with van der Waals surface area (Å²) in [5.74, 6) is -1.53. The van der Waals surface area contributed by atoms with Crippen molar-refractivity contribution in [1.82, 2.24) is 4.98 Å². The van der Waals surface area contributed by atoms with Gasteiger partial charge in [0, 0.05) is 18.3 Å². The normalized spacial score (nSPS) is 16.9. The average molecular weight is 387 g/mol. The van der Waals surface area contributed by atoms with Crippen LogP contribution in [0.1, 0.15) is 6.42 Å². The van der Waals surface area contributed by atoms with Crippen molar-refractivity contribution in [3.05, 3.63) is 53.0 Å². The van der Waals surface area contributed by atoms with Gasteiger partial charge in [-0.2, -0.15) is 0 Å². The van der Waals surface area contributed by atoms with Crippen LogP contribution in [-0.4, -0.2) is 23.3 Å². The highest BCUT2D eigenvalue weighted by molar-refractivity contribution is 7.16. The van der Waals surface area contributed by atoms with E-state index in [2.05, 4.69) is 10.3 Å². The molecule has 1 saturated heterocycles. The van der Waals surface area contributed by atoms with Gasteiger partial charge in [0.25, 0.3) is 0 Å². The number of nitrogens with zero attached hydrogens (tertiary/aromatic N) is 2. The van der Waals surface area contributed by atoms with E-state index < -0.39 is 11.7 Å². The van der Waals surface area contributed by atoms with Gasteiger partial charge in [0.05, 0.1) is 22.2 Å². The Morgan fingerprint density at radius 2 is 2.08 bits per heavy atom. The van der Waals surface area contributed by atoms with Gasteiger partial charge in [-0.05, 0) is 23.6 Å². The molecule has 132 valence electrons. The van der Waals surface area contributed by atoms with E-state index >= 15 is 0 Å². The van der Waals surface area contributed by atoms with Gasteiger partial charge < -0.3 is 10.2 Å². The fraction of sp³-hybridized carbons (Fsp3) is 0.167. The van der Waals surface area contributed by atoms with Gasteiger partial charge in [0.15, 0.2) is 5.13 Å². The summed E-state index contributed by atoms with van der Waals surface area (Å²) < 4.78 is 13.9. The number of halogens is 1. The minimum Gasteiger partial charge on any atom is -0.309 e. The van der Waals surface area contributed by atoms with Crippen LogP contribution in [0.4, 0.5) is 15.2 Å². The molecule has 1 aliphatic rings. The fourth-order valence-electron chi connectivity index (χ4n) is 2.86. The van der Waals surface area contributed by atoms with Crippen LogP contribution in [-0.2, 0) is 9.59 Å². The molecule has 0 radical (unpaired) electrons. The van der Waals surface area contributed by atoms with Crippen molar-refractivity contribution in [3.8, 4) is 10.6 Å². The van der Waals surface area contributed by atoms with Crippen LogP contribution in [0.15, 0.2) is 47.2 Å². The topological polar surface area (TPSA) is 62.3 Å². The van der Waals surface area contributed by atoms with Crippen molar-refractivity contribution in [2.45, 2.75) is 6.42 Å². The van der Waals surface area contributed by atoms with Gasteiger partial charge in [-0.15, -0.1) is 22.7 Å². The zero-order valence-corrected chi connectivity index (χ0v) is 15.1. The van der Waals surface area contributed by atoms with Crippen LogP contribution in [0.2, 0.25) is 0 Å². The predicted molar refractivity (Wildman–Crippen MR) is 101 cm³/mol. The molecule has 8 heteroatoms. The summed E-state index contributed by atoms with van der Waals surface area (Å²) >= 11 is 2.92. The molecule has 1 aliphatic heterocycles. The summed E-state index contributed by atoms with van der Waals surface area (Å²) in [6, 6.07) is 9.99. The van der Waals surface area contributed by atoms with Crippen LogP contribution >= 0.6 is 22.7 Å². The van der Waals surface area contributed by atoms with E-state index in [4.69, 9.17) is 0 Å². The summed E-state index contributed by atoms with van der Waals surface area (Å²) in [6.07, 6.45) is 0.0589. The van der Waals surface area contributed by atoms with E-state index in [9.17, 15) is 14.0 Å². The molecule has 0 aliphatic carbocycles. The summed E-state index contributed by atoms with van der Waals surface area (Å²) in [4.78, 5) is 31.5. The molecule has 1 unspecified atom stereocenters. The van der Waals surface area contributed by atoms with E-state index in [1.807, 2.05) is 22.9 Å².